The summed E-state index contributed by atoms with van der Waals surface area (Å²) in [5.41, 5.74) is 2.19. The predicted octanol–water partition coefficient (Wildman–Crippen LogP) is 1.98. The van der Waals surface area contributed by atoms with E-state index >= 15 is 0 Å². The van der Waals surface area contributed by atoms with Crippen molar-refractivity contribution >= 4 is 38.4 Å². The Morgan fingerprint density at radius 3 is 2.62 bits per heavy atom. The van der Waals surface area contributed by atoms with Crippen LogP contribution in [-0.4, -0.2) is 79.7 Å². The molecule has 1 aromatic heterocycles. The van der Waals surface area contributed by atoms with Gasteiger partial charge in [0.15, 0.2) is 0 Å². The van der Waals surface area contributed by atoms with Crippen molar-refractivity contribution < 1.29 is 9.53 Å². The van der Waals surface area contributed by atoms with Crippen LogP contribution in [0.5, 0.6) is 0 Å². The van der Waals surface area contributed by atoms with Crippen molar-refractivity contribution in [1.82, 2.24) is 14.8 Å². The Morgan fingerprint density at radius 1 is 1.08 bits per heavy atom. The van der Waals surface area contributed by atoms with Crippen LogP contribution in [0.25, 0.3) is 10.9 Å². The lowest BCUT2D eigenvalue weighted by Gasteiger charge is -2.37. The zero-order chi connectivity index (χ0) is 17.9. The third-order valence-electron chi connectivity index (χ3n) is 5.12. The highest BCUT2D eigenvalue weighted by atomic mass is 79.9. The number of hydrogen-bond acceptors (Lipinski definition) is 5. The minimum atomic E-state index is 0.232. The van der Waals surface area contributed by atoms with E-state index in [4.69, 9.17) is 4.74 Å². The molecule has 2 aliphatic rings. The molecule has 2 aliphatic heterocycles. The monoisotopic (exact) mass is 418 g/mol. The molecular formula is C19H23BrN4O2. The van der Waals surface area contributed by atoms with E-state index in [1.807, 2.05) is 17.2 Å². The predicted molar refractivity (Wildman–Crippen MR) is 105 cm³/mol. The molecule has 7 heteroatoms. The maximum Gasteiger partial charge on any atom is 0.236 e. The first-order valence-corrected chi connectivity index (χ1v) is 9.87. The van der Waals surface area contributed by atoms with Crippen LogP contribution in [0.2, 0.25) is 0 Å². The highest BCUT2D eigenvalue weighted by Crippen LogP contribution is 2.28. The fraction of sp³-hybridized carbons (Fsp3) is 0.474. The zero-order valence-electron chi connectivity index (χ0n) is 14.7. The molecule has 1 amide bonds. The van der Waals surface area contributed by atoms with Crippen LogP contribution in [0, 0.1) is 0 Å². The molecule has 0 N–H and O–H groups in total. The van der Waals surface area contributed by atoms with Crippen molar-refractivity contribution in [2.24, 2.45) is 0 Å². The molecular weight excluding hydrogens is 396 g/mol. The van der Waals surface area contributed by atoms with Crippen LogP contribution >= 0.6 is 15.9 Å². The third-order valence-corrected chi connectivity index (χ3v) is 5.61. The molecule has 0 atom stereocenters. The van der Waals surface area contributed by atoms with Crippen molar-refractivity contribution in [2.45, 2.75) is 0 Å². The van der Waals surface area contributed by atoms with E-state index in [1.165, 1.54) is 5.69 Å². The van der Waals surface area contributed by atoms with Gasteiger partial charge in [-0.05, 0) is 24.3 Å². The van der Waals surface area contributed by atoms with Crippen LogP contribution in [0.4, 0.5) is 5.69 Å². The van der Waals surface area contributed by atoms with Crippen LogP contribution < -0.4 is 4.90 Å². The van der Waals surface area contributed by atoms with Gasteiger partial charge in [0.05, 0.1) is 25.3 Å². The molecule has 1 aromatic carbocycles. The molecule has 0 unspecified atom stereocenters. The van der Waals surface area contributed by atoms with E-state index in [1.54, 1.807) is 0 Å². The molecule has 2 fully saturated rings. The quantitative estimate of drug-likeness (QED) is 0.762. The number of fused-ring (bicyclic) bond motifs is 1. The van der Waals surface area contributed by atoms with E-state index < -0.39 is 0 Å². The largest absolute Gasteiger partial charge is 0.379 e. The molecule has 0 bridgehead atoms. The fourth-order valence-electron chi connectivity index (χ4n) is 3.63. The number of aromatic nitrogens is 1. The summed E-state index contributed by atoms with van der Waals surface area (Å²) in [7, 11) is 0. The summed E-state index contributed by atoms with van der Waals surface area (Å²) in [6.45, 7) is 6.91. The Balaban J connectivity index is 1.40. The van der Waals surface area contributed by atoms with E-state index in [9.17, 15) is 4.79 Å². The normalized spacial score (nSPS) is 19.1. The summed E-state index contributed by atoms with van der Waals surface area (Å²) in [6, 6.07) is 8.27. The Bertz CT molecular complexity index is 786. The molecule has 0 aliphatic carbocycles. The smallest absolute Gasteiger partial charge is 0.236 e. The number of benzene rings is 1. The Labute approximate surface area is 161 Å². The number of amides is 1. The number of rotatable bonds is 3. The third kappa shape index (κ3) is 3.84. The van der Waals surface area contributed by atoms with Gasteiger partial charge in [0, 0.05) is 61.0 Å². The summed E-state index contributed by atoms with van der Waals surface area (Å²) in [4.78, 5) is 23.6. The molecule has 138 valence electrons. The highest BCUT2D eigenvalue weighted by molar-refractivity contribution is 9.10. The average Bonchev–Trinajstić information content (AvgIpc) is 2.68. The summed E-state index contributed by atoms with van der Waals surface area (Å²) >= 11 is 3.51. The first-order valence-electron chi connectivity index (χ1n) is 9.08. The van der Waals surface area contributed by atoms with Gasteiger partial charge in [0.1, 0.15) is 0 Å². The fourth-order valence-corrected chi connectivity index (χ4v) is 3.98. The Morgan fingerprint density at radius 2 is 1.85 bits per heavy atom. The summed E-state index contributed by atoms with van der Waals surface area (Å²) in [5, 5.41) is 1.16. The standard InChI is InChI=1S/C19H23BrN4O2/c20-15-1-2-16-17(13-15)21-4-3-18(16)23-5-7-24(8-6-23)19(25)14-22-9-11-26-12-10-22/h1-4,13H,5-12,14H2. The van der Waals surface area contributed by atoms with Crippen LogP contribution in [0.15, 0.2) is 34.9 Å². The number of carbonyl (C=O) groups is 1. The summed E-state index contributed by atoms with van der Waals surface area (Å²) < 4.78 is 6.39. The first-order chi connectivity index (χ1) is 12.7. The van der Waals surface area contributed by atoms with E-state index in [-0.39, 0.29) is 5.91 Å². The molecule has 3 heterocycles. The number of morpholine rings is 1. The minimum Gasteiger partial charge on any atom is -0.379 e. The topological polar surface area (TPSA) is 48.9 Å². The molecule has 2 saturated heterocycles. The minimum absolute atomic E-state index is 0.232. The first kappa shape index (κ1) is 17.7. The molecule has 0 spiro atoms. The maximum atomic E-state index is 12.6. The zero-order valence-corrected chi connectivity index (χ0v) is 16.3. The van der Waals surface area contributed by atoms with Gasteiger partial charge < -0.3 is 14.5 Å². The second kappa shape index (κ2) is 7.90. The molecule has 6 nitrogen and oxygen atoms in total. The van der Waals surface area contributed by atoms with Gasteiger partial charge in [0.25, 0.3) is 0 Å². The van der Waals surface area contributed by atoms with Gasteiger partial charge in [-0.3, -0.25) is 14.7 Å². The average molecular weight is 419 g/mol. The molecule has 26 heavy (non-hydrogen) atoms. The van der Waals surface area contributed by atoms with E-state index in [2.05, 4.69) is 48.9 Å². The number of anilines is 1. The maximum absolute atomic E-state index is 12.6. The van der Waals surface area contributed by atoms with Crippen molar-refractivity contribution in [3.8, 4) is 0 Å². The number of piperazine rings is 1. The molecule has 0 radical (unpaired) electrons. The van der Waals surface area contributed by atoms with Gasteiger partial charge in [0.2, 0.25) is 5.91 Å². The van der Waals surface area contributed by atoms with Gasteiger partial charge in [-0.25, -0.2) is 0 Å². The van der Waals surface area contributed by atoms with Crippen molar-refractivity contribution in [3.05, 3.63) is 34.9 Å². The van der Waals surface area contributed by atoms with Gasteiger partial charge in [-0.2, -0.15) is 0 Å². The van der Waals surface area contributed by atoms with Crippen LogP contribution in [-0.2, 0) is 9.53 Å². The second-order valence-electron chi connectivity index (χ2n) is 6.75. The molecule has 4 rings (SSSR count). The summed E-state index contributed by atoms with van der Waals surface area (Å²) in [5.74, 6) is 0.232. The number of carbonyl (C=O) groups excluding carboxylic acids is 1. The van der Waals surface area contributed by atoms with Crippen molar-refractivity contribution in [2.75, 3.05) is 63.9 Å². The molecule has 0 saturated carbocycles. The van der Waals surface area contributed by atoms with E-state index in [0.717, 1.165) is 67.9 Å². The second-order valence-corrected chi connectivity index (χ2v) is 7.66. The number of hydrogen-bond donors (Lipinski definition) is 0. The summed E-state index contributed by atoms with van der Waals surface area (Å²) in [6.07, 6.45) is 1.86. The van der Waals surface area contributed by atoms with Crippen molar-refractivity contribution in [3.63, 3.8) is 0 Å². The lowest BCUT2D eigenvalue weighted by Crippen LogP contribution is -2.52. The lowest BCUT2D eigenvalue weighted by molar-refractivity contribution is -0.133. The number of pyridine rings is 1. The van der Waals surface area contributed by atoms with Gasteiger partial charge in [-0.15, -0.1) is 0 Å². The lowest BCUT2D eigenvalue weighted by atomic mass is 10.1. The Hall–Kier alpha value is -1.70. The number of nitrogens with zero attached hydrogens (tertiary/aromatic N) is 4. The SMILES string of the molecule is O=C(CN1CCOCC1)N1CCN(c2ccnc3cc(Br)ccc23)CC1. The van der Waals surface area contributed by atoms with Crippen LogP contribution in [0.1, 0.15) is 0 Å². The Kier molecular flexibility index (Phi) is 5.38. The molecule has 2 aromatic rings. The van der Waals surface area contributed by atoms with Crippen molar-refractivity contribution in [1.29, 1.82) is 0 Å². The van der Waals surface area contributed by atoms with E-state index in [0.29, 0.717) is 6.54 Å². The number of ether oxygens (including phenoxy) is 1. The van der Waals surface area contributed by atoms with Gasteiger partial charge >= 0.3 is 0 Å². The number of halogens is 1. The highest BCUT2D eigenvalue weighted by Gasteiger charge is 2.24. The van der Waals surface area contributed by atoms with Crippen LogP contribution in [0.3, 0.4) is 0 Å². The van der Waals surface area contributed by atoms with Gasteiger partial charge in [-0.1, -0.05) is 15.9 Å².